The Morgan fingerprint density at radius 3 is 2.37 bits per heavy atom. The van der Waals surface area contributed by atoms with Gasteiger partial charge in [-0.05, 0) is 52.8 Å². The van der Waals surface area contributed by atoms with Gasteiger partial charge in [-0.25, -0.2) is 13.2 Å². The van der Waals surface area contributed by atoms with E-state index in [1.807, 2.05) is 4.90 Å². The number of aromatic nitrogens is 2. The number of likely N-dealkylation sites (tertiary alicyclic amines) is 1. The summed E-state index contributed by atoms with van der Waals surface area (Å²) in [5.74, 6) is 0.0916. The lowest BCUT2D eigenvalue weighted by Gasteiger charge is -2.40. The number of hydrogen-bond donors (Lipinski definition) is 0. The first-order valence-electron chi connectivity index (χ1n) is 12.5. The van der Waals surface area contributed by atoms with Gasteiger partial charge in [0.15, 0.2) is 0 Å². The Morgan fingerprint density at radius 1 is 1.13 bits per heavy atom. The monoisotopic (exact) mass is 567 g/mol. The van der Waals surface area contributed by atoms with Crippen LogP contribution < -0.4 is 15.2 Å². The van der Waals surface area contributed by atoms with Crippen molar-refractivity contribution in [1.82, 2.24) is 19.0 Å². The van der Waals surface area contributed by atoms with Gasteiger partial charge in [-0.3, -0.25) is 4.79 Å². The molecule has 0 atom stereocenters. The number of sulfonamides is 1. The molecule has 0 unspecified atom stereocenters. The second-order valence-electron chi connectivity index (χ2n) is 10.7. The van der Waals surface area contributed by atoms with E-state index in [1.54, 1.807) is 65.1 Å². The van der Waals surface area contributed by atoms with Crippen LogP contribution in [0.2, 0.25) is 5.02 Å². The van der Waals surface area contributed by atoms with Crippen molar-refractivity contribution < 1.29 is 22.7 Å². The van der Waals surface area contributed by atoms with Gasteiger partial charge in [0.25, 0.3) is 0 Å². The average Bonchev–Trinajstić information content (AvgIpc) is 2.80. The number of rotatable bonds is 6. The fourth-order valence-corrected chi connectivity index (χ4v) is 5.65. The summed E-state index contributed by atoms with van der Waals surface area (Å²) in [5.41, 5.74) is -0.129. The summed E-state index contributed by atoms with van der Waals surface area (Å²) in [5, 5.41) is 4.31. The van der Waals surface area contributed by atoms with Crippen LogP contribution in [0.25, 0.3) is 5.69 Å². The third-order valence-electron chi connectivity index (χ3n) is 6.29. The van der Waals surface area contributed by atoms with Crippen LogP contribution in [0.5, 0.6) is 5.75 Å². The zero-order valence-electron chi connectivity index (χ0n) is 22.3. The number of amides is 1. The van der Waals surface area contributed by atoms with Crippen LogP contribution in [0.3, 0.4) is 0 Å². The lowest BCUT2D eigenvalue weighted by atomic mass is 10.1. The molecule has 0 saturated carbocycles. The quantitative estimate of drug-likeness (QED) is 0.523. The number of halogens is 1. The molecule has 2 saturated heterocycles. The number of carbonyl (C=O) groups excluding carboxylic acids is 1. The molecule has 13 heteroatoms. The Balaban J connectivity index is 1.58. The van der Waals surface area contributed by atoms with Crippen LogP contribution >= 0.6 is 11.6 Å². The van der Waals surface area contributed by atoms with Gasteiger partial charge in [0.05, 0.1) is 30.2 Å². The maximum Gasteiger partial charge on any atom is 0.410 e. The zero-order valence-corrected chi connectivity index (χ0v) is 23.8. The Bertz CT molecular complexity index is 1340. The summed E-state index contributed by atoms with van der Waals surface area (Å²) in [4.78, 5) is 29.4. The summed E-state index contributed by atoms with van der Waals surface area (Å²) in [6.45, 7) is 10.6. The molecule has 1 amide bonds. The summed E-state index contributed by atoms with van der Waals surface area (Å²) >= 11 is 6.13. The first-order valence-corrected chi connectivity index (χ1v) is 14.4. The van der Waals surface area contributed by atoms with Gasteiger partial charge in [0.1, 0.15) is 17.4 Å². The van der Waals surface area contributed by atoms with Crippen molar-refractivity contribution in [3.63, 3.8) is 0 Å². The van der Waals surface area contributed by atoms with E-state index in [0.29, 0.717) is 29.5 Å². The lowest BCUT2D eigenvalue weighted by Crippen LogP contribution is -2.57. The van der Waals surface area contributed by atoms with Crippen molar-refractivity contribution in [3.05, 3.63) is 45.8 Å². The number of piperazine rings is 1. The smallest absolute Gasteiger partial charge is 0.410 e. The molecule has 0 N–H and O–H groups in total. The van der Waals surface area contributed by atoms with Crippen molar-refractivity contribution >= 4 is 33.4 Å². The topological polar surface area (TPSA) is 114 Å². The van der Waals surface area contributed by atoms with E-state index in [4.69, 9.17) is 21.1 Å². The minimum Gasteiger partial charge on any atom is -0.479 e. The zero-order chi connectivity index (χ0) is 27.8. The second-order valence-corrected chi connectivity index (χ2v) is 13.6. The van der Waals surface area contributed by atoms with E-state index in [-0.39, 0.29) is 31.9 Å². The van der Waals surface area contributed by atoms with Gasteiger partial charge in [0.2, 0.25) is 15.8 Å². The fraction of sp³-hybridized carbons (Fsp3) is 0.560. The molecule has 208 valence electrons. The van der Waals surface area contributed by atoms with E-state index < -0.39 is 38.6 Å². The highest BCUT2D eigenvalue weighted by Crippen LogP contribution is 2.29. The van der Waals surface area contributed by atoms with Crippen LogP contribution in [0.4, 0.5) is 10.5 Å². The number of anilines is 1. The minimum absolute atomic E-state index is 0.0916. The van der Waals surface area contributed by atoms with Gasteiger partial charge < -0.3 is 19.3 Å². The van der Waals surface area contributed by atoms with Crippen molar-refractivity contribution in [2.24, 2.45) is 0 Å². The number of carbonyl (C=O) groups is 1. The summed E-state index contributed by atoms with van der Waals surface area (Å²) in [6, 6.07) is 6.76. The van der Waals surface area contributed by atoms with E-state index >= 15 is 0 Å². The molecule has 2 aliphatic rings. The van der Waals surface area contributed by atoms with Crippen molar-refractivity contribution in [1.29, 1.82) is 0 Å². The van der Waals surface area contributed by atoms with Crippen LogP contribution in [-0.4, -0.2) is 89.7 Å². The third kappa shape index (κ3) is 6.08. The number of benzene rings is 1. The predicted molar refractivity (Wildman–Crippen MR) is 145 cm³/mol. The molecular formula is C25H34ClN5O6S. The Kier molecular flexibility index (Phi) is 7.96. The molecule has 0 bridgehead atoms. The first-order chi connectivity index (χ1) is 17.8. The van der Waals surface area contributed by atoms with Crippen molar-refractivity contribution in [3.8, 4) is 11.4 Å². The highest BCUT2D eigenvalue weighted by molar-refractivity contribution is 7.89. The summed E-state index contributed by atoms with van der Waals surface area (Å²) < 4.78 is 39.5. The molecule has 38 heavy (non-hydrogen) atoms. The van der Waals surface area contributed by atoms with E-state index in [9.17, 15) is 18.0 Å². The average molecular weight is 568 g/mol. The molecule has 0 radical (unpaired) electrons. The molecular weight excluding hydrogens is 534 g/mol. The van der Waals surface area contributed by atoms with Crippen LogP contribution in [0.1, 0.15) is 34.6 Å². The van der Waals surface area contributed by atoms with Gasteiger partial charge in [-0.1, -0.05) is 17.7 Å². The number of nitrogens with zero attached hydrogens (tertiary/aromatic N) is 5. The van der Waals surface area contributed by atoms with Gasteiger partial charge >= 0.3 is 11.7 Å². The van der Waals surface area contributed by atoms with Crippen molar-refractivity contribution in [2.75, 3.05) is 44.2 Å². The lowest BCUT2D eigenvalue weighted by molar-refractivity contribution is -0.0224. The number of ether oxygens (including phenoxy) is 2. The van der Waals surface area contributed by atoms with E-state index in [2.05, 4.69) is 5.10 Å². The molecule has 2 aliphatic heterocycles. The van der Waals surface area contributed by atoms with Crippen molar-refractivity contribution in [2.45, 2.75) is 51.6 Å². The Hall–Kier alpha value is -2.83. The molecule has 2 fully saturated rings. The summed E-state index contributed by atoms with van der Waals surface area (Å²) in [7, 11) is -3.38. The maximum absolute atomic E-state index is 13.6. The second kappa shape index (κ2) is 10.7. The number of hydrogen-bond acceptors (Lipinski definition) is 8. The highest BCUT2D eigenvalue weighted by atomic mass is 35.5. The third-order valence-corrected chi connectivity index (χ3v) is 8.80. The first kappa shape index (κ1) is 28.2. The molecule has 0 spiro atoms. The van der Waals surface area contributed by atoms with Gasteiger partial charge in [-0.15, -0.1) is 0 Å². The largest absolute Gasteiger partial charge is 0.479 e. The van der Waals surface area contributed by atoms with Gasteiger partial charge in [-0.2, -0.15) is 14.1 Å². The Morgan fingerprint density at radius 2 is 1.79 bits per heavy atom. The Labute approximate surface area is 227 Å². The SMILES string of the molecule is CC(C)S(=O)(=O)N1CCN(c2cnn(-c3cccc(Cl)c3)c(=O)c2OC2CN(C(=O)OC(C)(C)C)C2)CC1. The molecule has 0 aliphatic carbocycles. The predicted octanol–water partition coefficient (Wildman–Crippen LogP) is 2.74. The van der Waals surface area contributed by atoms with Gasteiger partial charge in [0, 0.05) is 31.2 Å². The van der Waals surface area contributed by atoms with Crippen LogP contribution in [0, 0.1) is 0 Å². The minimum atomic E-state index is -3.38. The molecule has 2 aromatic rings. The van der Waals surface area contributed by atoms with E-state index in [1.165, 1.54) is 13.9 Å². The molecule has 4 rings (SSSR count). The molecule has 1 aromatic carbocycles. The van der Waals surface area contributed by atoms with Crippen LogP contribution in [-0.2, 0) is 14.8 Å². The van der Waals surface area contributed by atoms with Crippen LogP contribution in [0.15, 0.2) is 35.3 Å². The highest BCUT2D eigenvalue weighted by Gasteiger charge is 2.37. The molecule has 3 heterocycles. The maximum atomic E-state index is 13.6. The molecule has 11 nitrogen and oxygen atoms in total. The standard InChI is InChI=1S/C25H34ClN5O6S/c1-17(2)38(34,35)30-11-9-28(10-12-30)21-14-27-31(19-8-6-7-18(26)13-19)23(32)22(21)36-20-15-29(16-20)24(33)37-25(3,4)5/h6-8,13-14,17,20H,9-12,15-16H2,1-5H3. The molecule has 1 aromatic heterocycles. The normalized spacial score (nSPS) is 17.4. The summed E-state index contributed by atoms with van der Waals surface area (Å²) in [6.07, 6.45) is 0.701. The fourth-order valence-electron chi connectivity index (χ4n) is 4.19. The van der Waals surface area contributed by atoms with E-state index in [0.717, 1.165) is 0 Å².